The first-order chi connectivity index (χ1) is 6.40. The van der Waals surface area contributed by atoms with Crippen molar-refractivity contribution in [1.82, 2.24) is 5.32 Å². The van der Waals surface area contributed by atoms with Crippen molar-refractivity contribution < 1.29 is 8.78 Å². The summed E-state index contributed by atoms with van der Waals surface area (Å²) in [4.78, 5) is 0. The summed E-state index contributed by atoms with van der Waals surface area (Å²) >= 11 is 0. The molecule has 0 saturated carbocycles. The standard InChI is InChI=1S/C11H15F2N/c1-11(2,3)14-7-8-5-4-6-9(12)10(8)13/h4-6,14H,7H2,1-3H3. The van der Waals surface area contributed by atoms with Crippen molar-refractivity contribution in [2.75, 3.05) is 0 Å². The molecule has 0 amide bonds. The molecule has 1 aromatic carbocycles. The van der Waals surface area contributed by atoms with E-state index in [4.69, 9.17) is 0 Å². The van der Waals surface area contributed by atoms with Gasteiger partial charge in [0, 0.05) is 17.6 Å². The van der Waals surface area contributed by atoms with Crippen LogP contribution in [0.4, 0.5) is 8.78 Å². The Balaban J connectivity index is 2.73. The minimum absolute atomic E-state index is 0.0985. The van der Waals surface area contributed by atoms with Gasteiger partial charge in [-0.15, -0.1) is 0 Å². The molecule has 1 rings (SSSR count). The van der Waals surface area contributed by atoms with Gasteiger partial charge in [0.1, 0.15) is 0 Å². The highest BCUT2D eigenvalue weighted by Gasteiger charge is 2.12. The summed E-state index contributed by atoms with van der Waals surface area (Å²) in [7, 11) is 0. The lowest BCUT2D eigenvalue weighted by molar-refractivity contribution is 0.413. The number of halogens is 2. The summed E-state index contributed by atoms with van der Waals surface area (Å²) in [5.41, 5.74) is 0.263. The molecule has 0 aliphatic carbocycles. The second kappa shape index (κ2) is 4.05. The molecule has 0 aliphatic heterocycles. The zero-order valence-corrected chi connectivity index (χ0v) is 8.70. The molecule has 0 aromatic heterocycles. The van der Waals surface area contributed by atoms with E-state index in [1.165, 1.54) is 6.07 Å². The monoisotopic (exact) mass is 199 g/mol. The number of nitrogens with one attached hydrogen (secondary N) is 1. The summed E-state index contributed by atoms with van der Waals surface area (Å²) in [5, 5.41) is 3.10. The predicted octanol–water partition coefficient (Wildman–Crippen LogP) is 2.85. The molecule has 0 fully saturated rings. The van der Waals surface area contributed by atoms with Gasteiger partial charge in [-0.3, -0.25) is 0 Å². The summed E-state index contributed by atoms with van der Waals surface area (Å²) in [6.07, 6.45) is 0. The molecule has 0 saturated heterocycles. The van der Waals surface area contributed by atoms with E-state index in [0.29, 0.717) is 12.1 Å². The fraction of sp³-hybridized carbons (Fsp3) is 0.455. The Labute approximate surface area is 83.1 Å². The maximum atomic E-state index is 13.2. The molecule has 0 radical (unpaired) electrons. The second-order valence-electron chi connectivity index (χ2n) is 4.32. The fourth-order valence-corrected chi connectivity index (χ4v) is 1.05. The molecule has 0 atom stereocenters. The molecule has 0 heterocycles. The van der Waals surface area contributed by atoms with E-state index >= 15 is 0 Å². The van der Waals surface area contributed by atoms with Crippen LogP contribution in [0.25, 0.3) is 0 Å². The average Bonchev–Trinajstić information content (AvgIpc) is 2.06. The third-order valence-electron chi connectivity index (χ3n) is 1.84. The smallest absolute Gasteiger partial charge is 0.163 e. The molecule has 1 nitrogen and oxygen atoms in total. The molecule has 1 aromatic rings. The first-order valence-corrected chi connectivity index (χ1v) is 4.58. The zero-order chi connectivity index (χ0) is 10.8. The second-order valence-corrected chi connectivity index (χ2v) is 4.32. The number of rotatable bonds is 2. The summed E-state index contributed by atoms with van der Waals surface area (Å²) in [6, 6.07) is 4.21. The van der Waals surface area contributed by atoms with Crippen LogP contribution in [0.2, 0.25) is 0 Å². The number of hydrogen-bond acceptors (Lipinski definition) is 1. The van der Waals surface area contributed by atoms with Crippen molar-refractivity contribution in [2.45, 2.75) is 32.9 Å². The van der Waals surface area contributed by atoms with E-state index in [-0.39, 0.29) is 5.54 Å². The van der Waals surface area contributed by atoms with Crippen LogP contribution in [0.1, 0.15) is 26.3 Å². The van der Waals surface area contributed by atoms with E-state index in [0.717, 1.165) is 6.07 Å². The lowest BCUT2D eigenvalue weighted by Crippen LogP contribution is -2.35. The molecule has 78 valence electrons. The molecule has 1 N–H and O–H groups in total. The largest absolute Gasteiger partial charge is 0.308 e. The molecule has 0 bridgehead atoms. The van der Waals surface area contributed by atoms with Gasteiger partial charge in [-0.1, -0.05) is 12.1 Å². The minimum atomic E-state index is -0.793. The van der Waals surface area contributed by atoms with Crippen molar-refractivity contribution in [2.24, 2.45) is 0 Å². The van der Waals surface area contributed by atoms with E-state index in [2.05, 4.69) is 5.32 Å². The van der Waals surface area contributed by atoms with Crippen LogP contribution in [0.3, 0.4) is 0 Å². The normalized spacial score (nSPS) is 11.8. The van der Waals surface area contributed by atoms with Gasteiger partial charge in [0.05, 0.1) is 0 Å². The molecule has 0 aliphatic rings. The maximum Gasteiger partial charge on any atom is 0.163 e. The highest BCUT2D eigenvalue weighted by atomic mass is 19.2. The van der Waals surface area contributed by atoms with E-state index < -0.39 is 11.6 Å². The highest BCUT2D eigenvalue weighted by molar-refractivity contribution is 5.18. The van der Waals surface area contributed by atoms with Gasteiger partial charge in [-0.25, -0.2) is 8.78 Å². The van der Waals surface area contributed by atoms with Gasteiger partial charge in [-0.05, 0) is 26.8 Å². The average molecular weight is 199 g/mol. The van der Waals surface area contributed by atoms with Crippen LogP contribution in [0, 0.1) is 11.6 Å². The first kappa shape index (κ1) is 11.1. The van der Waals surface area contributed by atoms with Crippen LogP contribution < -0.4 is 5.32 Å². The van der Waals surface area contributed by atoms with E-state index in [9.17, 15) is 8.78 Å². The Bertz CT molecular complexity index is 316. The summed E-state index contributed by atoms with van der Waals surface area (Å²) in [5.74, 6) is -1.55. The van der Waals surface area contributed by atoms with E-state index in [1.807, 2.05) is 20.8 Å². The first-order valence-electron chi connectivity index (χ1n) is 4.58. The Kier molecular flexibility index (Phi) is 3.21. The molecular weight excluding hydrogens is 184 g/mol. The Morgan fingerprint density at radius 2 is 1.86 bits per heavy atom. The minimum Gasteiger partial charge on any atom is -0.308 e. The van der Waals surface area contributed by atoms with Crippen LogP contribution in [0.15, 0.2) is 18.2 Å². The molecule has 0 spiro atoms. The Morgan fingerprint density at radius 1 is 1.21 bits per heavy atom. The van der Waals surface area contributed by atoms with Gasteiger partial charge in [0.15, 0.2) is 11.6 Å². The van der Waals surface area contributed by atoms with Crippen LogP contribution >= 0.6 is 0 Å². The van der Waals surface area contributed by atoms with Gasteiger partial charge < -0.3 is 5.32 Å². The third kappa shape index (κ3) is 3.07. The fourth-order valence-electron chi connectivity index (χ4n) is 1.05. The third-order valence-corrected chi connectivity index (χ3v) is 1.84. The van der Waals surface area contributed by atoms with Crippen molar-refractivity contribution >= 4 is 0 Å². The molecular formula is C11H15F2N. The van der Waals surface area contributed by atoms with E-state index in [1.54, 1.807) is 6.07 Å². The Hall–Kier alpha value is -0.960. The predicted molar refractivity (Wildman–Crippen MR) is 53.0 cm³/mol. The van der Waals surface area contributed by atoms with Gasteiger partial charge in [-0.2, -0.15) is 0 Å². The van der Waals surface area contributed by atoms with Crippen LogP contribution in [-0.4, -0.2) is 5.54 Å². The highest BCUT2D eigenvalue weighted by Crippen LogP contribution is 2.12. The van der Waals surface area contributed by atoms with Crippen LogP contribution in [0.5, 0.6) is 0 Å². The molecule has 3 heteroatoms. The summed E-state index contributed by atoms with van der Waals surface area (Å²) < 4.78 is 26.0. The van der Waals surface area contributed by atoms with Crippen molar-refractivity contribution in [3.05, 3.63) is 35.4 Å². The van der Waals surface area contributed by atoms with Crippen LogP contribution in [-0.2, 0) is 6.54 Å². The number of benzene rings is 1. The van der Waals surface area contributed by atoms with Crippen molar-refractivity contribution in [1.29, 1.82) is 0 Å². The van der Waals surface area contributed by atoms with Crippen molar-refractivity contribution in [3.8, 4) is 0 Å². The SMILES string of the molecule is CC(C)(C)NCc1cccc(F)c1F. The zero-order valence-electron chi connectivity index (χ0n) is 8.70. The Morgan fingerprint density at radius 3 is 2.43 bits per heavy atom. The van der Waals surface area contributed by atoms with Gasteiger partial charge in [0.25, 0.3) is 0 Å². The quantitative estimate of drug-likeness (QED) is 0.772. The number of hydrogen-bond donors (Lipinski definition) is 1. The van der Waals surface area contributed by atoms with Gasteiger partial charge in [0.2, 0.25) is 0 Å². The lowest BCUT2D eigenvalue weighted by Gasteiger charge is -2.20. The summed E-state index contributed by atoms with van der Waals surface area (Å²) in [6.45, 7) is 6.27. The molecule has 14 heavy (non-hydrogen) atoms. The van der Waals surface area contributed by atoms with Crippen molar-refractivity contribution in [3.63, 3.8) is 0 Å². The molecule has 0 unspecified atom stereocenters. The maximum absolute atomic E-state index is 13.2. The lowest BCUT2D eigenvalue weighted by atomic mass is 10.1. The van der Waals surface area contributed by atoms with Gasteiger partial charge >= 0.3 is 0 Å². The topological polar surface area (TPSA) is 12.0 Å².